The quantitative estimate of drug-likeness (QED) is 0.387. The average molecular weight is 612 g/mol. The molecule has 2 atom stereocenters. The Hall–Kier alpha value is -3.60. The molecule has 11 heteroatoms. The summed E-state index contributed by atoms with van der Waals surface area (Å²) in [6, 6.07) is 21.4. The number of benzene rings is 3. The fourth-order valence-electron chi connectivity index (χ4n) is 5.35. The summed E-state index contributed by atoms with van der Waals surface area (Å²) in [6.07, 6.45) is 0.799. The van der Waals surface area contributed by atoms with E-state index in [2.05, 4.69) is 5.32 Å². The molecule has 1 fully saturated rings. The topological polar surface area (TPSA) is 105 Å². The molecule has 3 aromatic carbocycles. The zero-order chi connectivity index (χ0) is 29.7. The molecule has 5 rings (SSSR count). The second-order valence-corrected chi connectivity index (χ2v) is 12.6. The monoisotopic (exact) mass is 611 g/mol. The van der Waals surface area contributed by atoms with Crippen molar-refractivity contribution in [3.8, 4) is 11.5 Å². The van der Waals surface area contributed by atoms with E-state index >= 15 is 0 Å². The highest BCUT2D eigenvalue weighted by molar-refractivity contribution is 7.89. The van der Waals surface area contributed by atoms with Crippen molar-refractivity contribution < 1.29 is 27.5 Å². The van der Waals surface area contributed by atoms with Crippen molar-refractivity contribution in [2.24, 2.45) is 5.92 Å². The zero-order valence-corrected chi connectivity index (χ0v) is 24.9. The van der Waals surface area contributed by atoms with Crippen molar-refractivity contribution in [1.82, 2.24) is 9.62 Å². The van der Waals surface area contributed by atoms with E-state index in [1.54, 1.807) is 48.2 Å². The number of halogens is 1. The first kappa shape index (κ1) is 29.9. The maximum Gasteiger partial charge on any atom is 0.262 e. The Bertz CT molecular complexity index is 1530. The number of amides is 2. The second-order valence-electron chi connectivity index (χ2n) is 10.3. The predicted molar refractivity (Wildman–Crippen MR) is 160 cm³/mol. The maximum absolute atomic E-state index is 14.0. The molecule has 9 nitrogen and oxygen atoms in total. The van der Waals surface area contributed by atoms with E-state index in [1.165, 1.54) is 10.4 Å². The maximum atomic E-state index is 14.0. The molecule has 1 N–H and O–H groups in total. The van der Waals surface area contributed by atoms with Gasteiger partial charge in [-0.05, 0) is 62.1 Å². The molecular weight excluding hydrogens is 578 g/mol. The van der Waals surface area contributed by atoms with Gasteiger partial charge in [0.2, 0.25) is 15.9 Å². The molecule has 0 radical (unpaired) electrons. The number of piperidine rings is 1. The Morgan fingerprint density at radius 2 is 1.81 bits per heavy atom. The molecule has 2 heterocycles. The number of fused-ring (bicyclic) bond motifs is 1. The Morgan fingerprint density at radius 1 is 1.05 bits per heavy atom. The molecule has 0 unspecified atom stereocenters. The molecular formula is C31H34ClN3O6S. The number of carbonyl (C=O) groups is 2. The highest BCUT2D eigenvalue weighted by Crippen LogP contribution is 2.36. The molecule has 42 heavy (non-hydrogen) atoms. The number of hydrogen-bond acceptors (Lipinski definition) is 6. The minimum absolute atomic E-state index is 0.00665. The number of nitrogens with one attached hydrogen (secondary N) is 1. The fraction of sp³-hybridized carbons (Fsp3) is 0.355. The van der Waals surface area contributed by atoms with Gasteiger partial charge in [0, 0.05) is 24.7 Å². The summed E-state index contributed by atoms with van der Waals surface area (Å²) in [4.78, 5) is 28.6. The van der Waals surface area contributed by atoms with E-state index in [9.17, 15) is 18.0 Å². The lowest BCUT2D eigenvalue weighted by molar-refractivity contribution is -0.129. The smallest absolute Gasteiger partial charge is 0.262 e. The molecule has 2 aliphatic heterocycles. The van der Waals surface area contributed by atoms with E-state index in [4.69, 9.17) is 21.1 Å². The first-order chi connectivity index (χ1) is 20.3. The van der Waals surface area contributed by atoms with Gasteiger partial charge in [-0.1, -0.05) is 54.1 Å². The lowest BCUT2D eigenvalue weighted by Crippen LogP contribution is -2.54. The van der Waals surface area contributed by atoms with Crippen LogP contribution in [-0.2, 0) is 26.0 Å². The van der Waals surface area contributed by atoms with E-state index < -0.39 is 22.0 Å². The van der Waals surface area contributed by atoms with Crippen LogP contribution in [0.1, 0.15) is 25.3 Å². The molecule has 0 saturated carbocycles. The summed E-state index contributed by atoms with van der Waals surface area (Å²) in [5, 5.41) is 3.20. The van der Waals surface area contributed by atoms with Crippen LogP contribution >= 0.6 is 11.6 Å². The summed E-state index contributed by atoms with van der Waals surface area (Å²) in [5.74, 6) is -0.505. The van der Waals surface area contributed by atoms with E-state index in [0.29, 0.717) is 43.9 Å². The molecule has 0 aliphatic carbocycles. The van der Waals surface area contributed by atoms with E-state index in [-0.39, 0.29) is 47.1 Å². The summed E-state index contributed by atoms with van der Waals surface area (Å²) in [7, 11) is -3.99. The van der Waals surface area contributed by atoms with Crippen LogP contribution in [0.3, 0.4) is 0 Å². The molecule has 0 spiro atoms. The number of ether oxygens (including phenoxy) is 2. The Morgan fingerprint density at radius 3 is 2.60 bits per heavy atom. The van der Waals surface area contributed by atoms with Gasteiger partial charge in [0.05, 0.1) is 24.8 Å². The third kappa shape index (κ3) is 6.56. The van der Waals surface area contributed by atoms with Gasteiger partial charge in [-0.2, -0.15) is 4.31 Å². The highest BCUT2D eigenvalue weighted by atomic mass is 35.5. The number of sulfonamides is 1. The van der Waals surface area contributed by atoms with Crippen LogP contribution < -0.4 is 19.7 Å². The van der Waals surface area contributed by atoms with Crippen molar-refractivity contribution in [3.63, 3.8) is 0 Å². The van der Waals surface area contributed by atoms with Crippen LogP contribution in [0.4, 0.5) is 5.69 Å². The lowest BCUT2D eigenvalue weighted by Gasteiger charge is -2.38. The van der Waals surface area contributed by atoms with Crippen LogP contribution in [0.2, 0.25) is 5.02 Å². The van der Waals surface area contributed by atoms with Crippen LogP contribution in [-0.4, -0.2) is 63.4 Å². The van der Waals surface area contributed by atoms with Crippen LogP contribution in [0.15, 0.2) is 77.7 Å². The van der Waals surface area contributed by atoms with Crippen molar-refractivity contribution in [2.75, 3.05) is 37.7 Å². The summed E-state index contributed by atoms with van der Waals surface area (Å²) >= 11 is 6.15. The van der Waals surface area contributed by atoms with Gasteiger partial charge in [-0.15, -0.1) is 0 Å². The van der Waals surface area contributed by atoms with Gasteiger partial charge in [-0.3, -0.25) is 9.59 Å². The minimum atomic E-state index is -3.99. The van der Waals surface area contributed by atoms with Gasteiger partial charge < -0.3 is 19.7 Å². The third-order valence-electron chi connectivity index (χ3n) is 7.44. The molecule has 222 valence electrons. The second kappa shape index (κ2) is 13.1. The first-order valence-corrected chi connectivity index (χ1v) is 15.9. The average Bonchev–Trinajstić information content (AvgIpc) is 3.01. The van der Waals surface area contributed by atoms with Crippen molar-refractivity contribution >= 4 is 39.1 Å². The molecule has 0 bridgehead atoms. The lowest BCUT2D eigenvalue weighted by atomic mass is 9.97. The van der Waals surface area contributed by atoms with Crippen LogP contribution in [0, 0.1) is 5.92 Å². The standard InChI is InChI=1S/C31H34ClN3O6S/c1-2-40-27-15-14-24(32)19-29(27)42(38,39)34-18-8-11-23(20-34)31(37)35-21-28(41-26-13-7-6-12-25(26)35)30(36)33-17-16-22-9-4-3-5-10-22/h3-7,9-10,12-15,19,23,28H,2,8,11,16-18,20-21H2,1H3,(H,33,36)/t23-,28+/m0/s1. The predicted octanol–water partition coefficient (Wildman–Crippen LogP) is 4.29. The number of para-hydroxylation sites is 2. The fourth-order valence-corrected chi connectivity index (χ4v) is 7.27. The van der Waals surface area contributed by atoms with Crippen molar-refractivity contribution in [2.45, 2.75) is 37.2 Å². The Kier molecular flexibility index (Phi) is 9.35. The number of nitrogens with zero attached hydrogens (tertiary/aromatic N) is 2. The third-order valence-corrected chi connectivity index (χ3v) is 9.57. The molecule has 2 amide bonds. The largest absolute Gasteiger partial charge is 0.492 e. The normalized spacial score (nSPS) is 19.0. The molecule has 0 aromatic heterocycles. The number of hydrogen-bond donors (Lipinski definition) is 1. The van der Waals surface area contributed by atoms with Gasteiger partial charge >= 0.3 is 0 Å². The Balaban J connectivity index is 1.31. The highest BCUT2D eigenvalue weighted by Gasteiger charge is 2.40. The number of anilines is 1. The molecule has 2 aliphatic rings. The van der Waals surface area contributed by atoms with Crippen LogP contribution in [0.5, 0.6) is 11.5 Å². The summed E-state index contributed by atoms with van der Waals surface area (Å²) in [5.41, 5.74) is 1.66. The molecule has 3 aromatic rings. The van der Waals surface area contributed by atoms with Crippen molar-refractivity contribution in [3.05, 3.63) is 83.4 Å². The Labute approximate surface area is 251 Å². The van der Waals surface area contributed by atoms with Crippen molar-refractivity contribution in [1.29, 1.82) is 0 Å². The zero-order valence-electron chi connectivity index (χ0n) is 23.4. The SMILES string of the molecule is CCOc1ccc(Cl)cc1S(=O)(=O)N1CCC[C@H](C(=O)N2C[C@H](C(=O)NCCc3ccccc3)Oc3ccccc32)C1. The van der Waals surface area contributed by atoms with Gasteiger partial charge in [0.25, 0.3) is 5.91 Å². The van der Waals surface area contributed by atoms with Gasteiger partial charge in [-0.25, -0.2) is 8.42 Å². The number of rotatable bonds is 9. The van der Waals surface area contributed by atoms with Crippen LogP contribution in [0.25, 0.3) is 0 Å². The number of carbonyl (C=O) groups excluding carboxylic acids is 2. The summed E-state index contributed by atoms with van der Waals surface area (Å²) < 4.78 is 40.3. The van der Waals surface area contributed by atoms with Gasteiger partial charge in [0.1, 0.15) is 16.4 Å². The summed E-state index contributed by atoms with van der Waals surface area (Å²) in [6.45, 7) is 2.81. The minimum Gasteiger partial charge on any atom is -0.492 e. The van der Waals surface area contributed by atoms with E-state index in [1.807, 2.05) is 30.3 Å². The van der Waals surface area contributed by atoms with Gasteiger partial charge in [0.15, 0.2) is 6.10 Å². The first-order valence-electron chi connectivity index (χ1n) is 14.1. The van der Waals surface area contributed by atoms with E-state index in [0.717, 1.165) is 5.56 Å². The molecule has 1 saturated heterocycles.